The van der Waals surface area contributed by atoms with E-state index < -0.39 is 0 Å². The molecule has 2 bridgehead atoms. The fourth-order valence-electron chi connectivity index (χ4n) is 12.2. The summed E-state index contributed by atoms with van der Waals surface area (Å²) in [5, 5.41) is 0. The first-order valence-corrected chi connectivity index (χ1v) is 18.2. The van der Waals surface area contributed by atoms with Crippen LogP contribution in [0.3, 0.4) is 0 Å². The lowest BCUT2D eigenvalue weighted by Gasteiger charge is -2.58. The number of allylic oxidation sites excluding steroid dienone is 1. The molecule has 3 nitrogen and oxygen atoms in total. The van der Waals surface area contributed by atoms with Crippen molar-refractivity contribution in [1.82, 2.24) is 4.90 Å². The largest absolute Gasteiger partial charge is 0.462 e. The third-order valence-corrected chi connectivity index (χ3v) is 14.8. The number of ether oxygens (including phenoxy) is 1. The monoisotopic (exact) mass is 565 g/mol. The van der Waals surface area contributed by atoms with E-state index >= 15 is 0 Å². The van der Waals surface area contributed by atoms with Crippen molar-refractivity contribution in [3.8, 4) is 0 Å². The number of esters is 1. The summed E-state index contributed by atoms with van der Waals surface area (Å²) in [4.78, 5) is 15.6. The molecule has 0 N–H and O–H groups in total. The van der Waals surface area contributed by atoms with Gasteiger partial charge in [0.25, 0.3) is 0 Å². The van der Waals surface area contributed by atoms with Crippen molar-refractivity contribution in [2.45, 2.75) is 138 Å². The van der Waals surface area contributed by atoms with Crippen molar-refractivity contribution in [2.24, 2.45) is 64.1 Å². The van der Waals surface area contributed by atoms with Crippen LogP contribution in [0.1, 0.15) is 131 Å². The Morgan fingerprint density at radius 1 is 1.00 bits per heavy atom. The SMILES string of the molecule is CC[C@H](CC[C@@H](C)C1CCC2[C@@H]3CC=C4C[C@@H](OC(=O)CC5CN6CCC5CC6)CC[C@]4(C)C3CC[C@@]21C)C(C)C. The number of rotatable bonds is 9. The Kier molecular flexibility index (Phi) is 8.79. The standard InChI is InChI=1S/C38H63NO2/c1-7-27(25(2)3)9-8-26(4)33-12-13-34-32-11-10-30-23-31(14-18-37(30,5)35(32)15-19-38(33,34)6)41-36(40)22-29-24-39-20-16-28(29)17-21-39/h10,25-29,31-35H,7-9,11-24H2,1-6H3/t26-,27-,29?,31+,32+,33?,34?,35?,37+,38-/m1/s1. The Morgan fingerprint density at radius 2 is 1.78 bits per heavy atom. The van der Waals surface area contributed by atoms with Gasteiger partial charge in [-0.05, 0) is 141 Å². The van der Waals surface area contributed by atoms with Crippen LogP contribution in [0.25, 0.3) is 0 Å². The summed E-state index contributed by atoms with van der Waals surface area (Å²) in [6.45, 7) is 18.8. The van der Waals surface area contributed by atoms with Crippen LogP contribution >= 0.6 is 0 Å². The van der Waals surface area contributed by atoms with E-state index in [1.54, 1.807) is 5.57 Å². The summed E-state index contributed by atoms with van der Waals surface area (Å²) in [6, 6.07) is 0. The average molecular weight is 566 g/mol. The molecule has 0 radical (unpaired) electrons. The molecule has 4 unspecified atom stereocenters. The van der Waals surface area contributed by atoms with Crippen LogP contribution in [0.2, 0.25) is 0 Å². The minimum absolute atomic E-state index is 0.0878. The smallest absolute Gasteiger partial charge is 0.306 e. The van der Waals surface area contributed by atoms with Gasteiger partial charge in [0.2, 0.25) is 0 Å². The average Bonchev–Trinajstić information content (AvgIpc) is 3.31. The van der Waals surface area contributed by atoms with Gasteiger partial charge in [0, 0.05) is 19.4 Å². The maximum absolute atomic E-state index is 13.0. The molecule has 232 valence electrons. The lowest BCUT2D eigenvalue weighted by Crippen LogP contribution is -2.51. The Balaban J connectivity index is 1.06. The number of carbonyl (C=O) groups excluding carboxylic acids is 1. The second kappa shape index (κ2) is 11.9. The molecule has 4 aliphatic carbocycles. The van der Waals surface area contributed by atoms with Gasteiger partial charge >= 0.3 is 5.97 Å². The van der Waals surface area contributed by atoms with Crippen LogP contribution < -0.4 is 0 Å². The van der Waals surface area contributed by atoms with Crippen molar-refractivity contribution < 1.29 is 9.53 Å². The van der Waals surface area contributed by atoms with Crippen LogP contribution in [0.15, 0.2) is 11.6 Å². The fourth-order valence-corrected chi connectivity index (χ4v) is 12.2. The topological polar surface area (TPSA) is 29.5 Å². The molecule has 3 aliphatic heterocycles. The zero-order valence-corrected chi connectivity index (χ0v) is 27.6. The maximum Gasteiger partial charge on any atom is 0.306 e. The highest BCUT2D eigenvalue weighted by molar-refractivity contribution is 5.70. The molecule has 3 heteroatoms. The Labute approximate surface area is 253 Å². The minimum atomic E-state index is 0.0878. The zero-order valence-electron chi connectivity index (χ0n) is 27.6. The lowest BCUT2D eigenvalue weighted by atomic mass is 9.47. The number of piperidine rings is 3. The van der Waals surface area contributed by atoms with E-state index in [-0.39, 0.29) is 12.1 Å². The van der Waals surface area contributed by atoms with E-state index in [9.17, 15) is 4.79 Å². The fraction of sp³-hybridized carbons (Fsp3) is 0.921. The molecule has 0 aromatic carbocycles. The summed E-state index contributed by atoms with van der Waals surface area (Å²) in [6.07, 6.45) is 20.5. The first-order chi connectivity index (χ1) is 19.6. The van der Waals surface area contributed by atoms with Crippen molar-refractivity contribution in [1.29, 1.82) is 0 Å². The minimum Gasteiger partial charge on any atom is -0.462 e. The van der Waals surface area contributed by atoms with E-state index in [4.69, 9.17) is 4.74 Å². The van der Waals surface area contributed by atoms with Gasteiger partial charge in [-0.25, -0.2) is 0 Å². The number of hydrogen-bond acceptors (Lipinski definition) is 3. The van der Waals surface area contributed by atoms with Gasteiger partial charge in [-0.15, -0.1) is 0 Å². The molecule has 3 saturated carbocycles. The molecular weight excluding hydrogens is 502 g/mol. The zero-order chi connectivity index (χ0) is 28.9. The van der Waals surface area contributed by atoms with Crippen molar-refractivity contribution in [3.63, 3.8) is 0 Å². The van der Waals surface area contributed by atoms with E-state index in [2.05, 4.69) is 52.5 Å². The van der Waals surface area contributed by atoms with Gasteiger partial charge in [-0.1, -0.05) is 66.0 Å². The molecule has 7 rings (SSSR count). The van der Waals surface area contributed by atoms with Crippen molar-refractivity contribution in [2.75, 3.05) is 19.6 Å². The van der Waals surface area contributed by atoms with Crippen LogP contribution in [-0.2, 0) is 9.53 Å². The highest BCUT2D eigenvalue weighted by atomic mass is 16.5. The highest BCUT2D eigenvalue weighted by Crippen LogP contribution is 2.67. The van der Waals surface area contributed by atoms with Gasteiger partial charge in [0.15, 0.2) is 0 Å². The lowest BCUT2D eigenvalue weighted by molar-refractivity contribution is -0.154. The molecule has 41 heavy (non-hydrogen) atoms. The van der Waals surface area contributed by atoms with Crippen LogP contribution in [0.5, 0.6) is 0 Å². The predicted octanol–water partition coefficient (Wildman–Crippen LogP) is 9.31. The van der Waals surface area contributed by atoms with Crippen LogP contribution in [0.4, 0.5) is 0 Å². The Hall–Kier alpha value is -0.830. The van der Waals surface area contributed by atoms with Gasteiger partial charge in [0.05, 0.1) is 0 Å². The molecule has 7 aliphatic rings. The Bertz CT molecular complexity index is 963. The molecular formula is C38H63NO2. The number of fused-ring (bicyclic) bond motifs is 8. The third-order valence-electron chi connectivity index (χ3n) is 14.8. The van der Waals surface area contributed by atoms with E-state index in [1.165, 1.54) is 83.7 Å². The number of nitrogens with zero attached hydrogens (tertiary/aromatic N) is 1. The molecule has 0 spiro atoms. The quantitative estimate of drug-likeness (QED) is 0.206. The first kappa shape index (κ1) is 30.2. The van der Waals surface area contributed by atoms with Crippen molar-refractivity contribution in [3.05, 3.63) is 11.6 Å². The van der Waals surface area contributed by atoms with Gasteiger partial charge in [0.1, 0.15) is 6.10 Å². The molecule has 3 heterocycles. The molecule has 10 atom stereocenters. The second-order valence-corrected chi connectivity index (χ2v) is 16.9. The summed E-state index contributed by atoms with van der Waals surface area (Å²) in [5.41, 5.74) is 2.53. The van der Waals surface area contributed by atoms with Crippen LogP contribution in [0, 0.1) is 64.1 Å². The molecule has 6 fully saturated rings. The molecule has 3 saturated heterocycles. The highest BCUT2D eigenvalue weighted by Gasteiger charge is 2.59. The van der Waals surface area contributed by atoms with Crippen molar-refractivity contribution >= 4 is 5.97 Å². The van der Waals surface area contributed by atoms with E-state index in [0.717, 1.165) is 66.7 Å². The summed E-state index contributed by atoms with van der Waals surface area (Å²) >= 11 is 0. The summed E-state index contributed by atoms with van der Waals surface area (Å²) in [5.74, 6) is 7.50. The van der Waals surface area contributed by atoms with E-state index in [0.29, 0.717) is 23.2 Å². The Morgan fingerprint density at radius 3 is 2.46 bits per heavy atom. The molecule has 0 amide bonds. The molecule has 0 aromatic rings. The van der Waals surface area contributed by atoms with Crippen LogP contribution in [-0.4, -0.2) is 36.6 Å². The maximum atomic E-state index is 13.0. The summed E-state index contributed by atoms with van der Waals surface area (Å²) in [7, 11) is 0. The van der Waals surface area contributed by atoms with Gasteiger partial charge < -0.3 is 9.64 Å². The third kappa shape index (κ3) is 5.62. The molecule has 0 aromatic heterocycles. The second-order valence-electron chi connectivity index (χ2n) is 16.9. The normalized spacial score (nSPS) is 44.9. The number of hydrogen-bond donors (Lipinski definition) is 0. The van der Waals surface area contributed by atoms with Gasteiger partial charge in [-0.2, -0.15) is 0 Å². The van der Waals surface area contributed by atoms with Gasteiger partial charge in [-0.3, -0.25) is 4.79 Å². The number of carbonyl (C=O) groups is 1. The first-order valence-electron chi connectivity index (χ1n) is 18.2. The predicted molar refractivity (Wildman–Crippen MR) is 169 cm³/mol. The summed E-state index contributed by atoms with van der Waals surface area (Å²) < 4.78 is 6.22. The van der Waals surface area contributed by atoms with E-state index in [1.807, 2.05) is 0 Å².